The van der Waals surface area contributed by atoms with Crippen molar-refractivity contribution in [3.8, 4) is 0 Å². The van der Waals surface area contributed by atoms with E-state index in [2.05, 4.69) is 41.5 Å². The van der Waals surface area contributed by atoms with E-state index in [0.717, 1.165) is 116 Å². The third kappa shape index (κ3) is 58.9. The molecule has 0 heterocycles. The molecule has 353 valence electrons. The van der Waals surface area contributed by atoms with Gasteiger partial charge in [0.2, 0.25) is 0 Å². The molecule has 0 rings (SSSR count). The van der Waals surface area contributed by atoms with Gasteiger partial charge in [0.25, 0.3) is 23.5 Å². The molecule has 0 amide bonds. The van der Waals surface area contributed by atoms with E-state index in [4.69, 9.17) is 27.1 Å². The standard InChI is InChI=1S/3C14H31O4P.Fe/c3*1-3-5-7-9-11-13-17-19(15,16)18-14-12-10-8-6-4-2;/h3*3-14H2,1-2H3,(H,15,16);/q;;;+3/p-3. The second kappa shape index (κ2) is 50.5. The molecule has 0 aromatic rings. The van der Waals surface area contributed by atoms with Crippen LogP contribution in [0.1, 0.15) is 234 Å². The van der Waals surface area contributed by atoms with Crippen molar-refractivity contribution in [1.82, 2.24) is 0 Å². The summed E-state index contributed by atoms with van der Waals surface area (Å²) in [6.07, 6.45) is 31.9. The molecule has 0 fully saturated rings. The van der Waals surface area contributed by atoms with Gasteiger partial charge in [-0.2, -0.15) is 0 Å². The number of hydrogen-bond acceptors (Lipinski definition) is 12. The SMILES string of the molecule is CCCCCCCOP(=O)([O-])OCCCCCCC.CCCCCCCOP(=O)([O-])OCCCCCCC.CCCCCCCOP(=O)([O-])OCCCCCCC.[Fe+3]. The monoisotopic (exact) mass is 935 g/mol. The zero-order chi connectivity index (χ0) is 43.2. The number of hydrogen-bond donors (Lipinski definition) is 0. The van der Waals surface area contributed by atoms with Crippen LogP contribution in [0.15, 0.2) is 0 Å². The average molecular weight is 936 g/mol. The summed E-state index contributed by atoms with van der Waals surface area (Å²) in [5.74, 6) is 0. The maximum atomic E-state index is 11.4. The van der Waals surface area contributed by atoms with Crippen molar-refractivity contribution in [2.24, 2.45) is 0 Å². The van der Waals surface area contributed by atoms with Crippen LogP contribution >= 0.6 is 23.5 Å². The zero-order valence-corrected chi connectivity index (χ0v) is 41.8. The second-order valence-corrected chi connectivity index (χ2v) is 19.1. The maximum Gasteiger partial charge on any atom is 3.00 e. The first-order chi connectivity index (χ1) is 27.4. The number of unbranched alkanes of at least 4 members (excludes halogenated alkanes) is 24. The van der Waals surface area contributed by atoms with E-state index in [1.165, 1.54) is 77.0 Å². The van der Waals surface area contributed by atoms with E-state index in [-0.39, 0.29) is 56.7 Å². The number of phosphoric acid groups is 3. The summed E-state index contributed by atoms with van der Waals surface area (Å²) in [5, 5.41) is 0. The van der Waals surface area contributed by atoms with Crippen LogP contribution in [0.2, 0.25) is 0 Å². The Hall–Kier alpha value is 0.849. The zero-order valence-electron chi connectivity index (χ0n) is 38.1. The van der Waals surface area contributed by atoms with E-state index in [0.29, 0.717) is 0 Å². The summed E-state index contributed by atoms with van der Waals surface area (Å²) in [6.45, 7) is 14.4. The molecule has 58 heavy (non-hydrogen) atoms. The van der Waals surface area contributed by atoms with Crippen molar-refractivity contribution in [2.45, 2.75) is 234 Å². The molecule has 16 heteroatoms. The van der Waals surface area contributed by atoms with Crippen LogP contribution in [-0.4, -0.2) is 39.6 Å². The van der Waals surface area contributed by atoms with Gasteiger partial charge in [0.1, 0.15) is 0 Å². The minimum atomic E-state index is -4.05. The van der Waals surface area contributed by atoms with E-state index in [1.807, 2.05) is 0 Å². The molecular formula is C42H90FeO12P3. The van der Waals surface area contributed by atoms with E-state index >= 15 is 0 Å². The first kappa shape index (κ1) is 65.5. The van der Waals surface area contributed by atoms with Gasteiger partial charge in [-0.3, -0.25) is 13.7 Å². The molecule has 0 unspecified atom stereocenters. The van der Waals surface area contributed by atoms with E-state index < -0.39 is 23.5 Å². The van der Waals surface area contributed by atoms with Gasteiger partial charge in [-0.1, -0.05) is 196 Å². The first-order valence-electron chi connectivity index (χ1n) is 23.2. The molecule has 0 spiro atoms. The molecule has 1 radical (unpaired) electrons. The van der Waals surface area contributed by atoms with Crippen molar-refractivity contribution in [3.05, 3.63) is 0 Å². The summed E-state index contributed by atoms with van der Waals surface area (Å²) in [4.78, 5) is 34.2. The van der Waals surface area contributed by atoms with Gasteiger partial charge in [-0.15, -0.1) is 0 Å². The normalized spacial score (nSPS) is 11.7. The van der Waals surface area contributed by atoms with Gasteiger partial charge in [0.15, 0.2) is 0 Å². The molecule has 0 saturated carbocycles. The van der Waals surface area contributed by atoms with Crippen LogP contribution in [-0.2, 0) is 57.9 Å². The summed E-state index contributed by atoms with van der Waals surface area (Å²) < 4.78 is 63.1. The molecule has 0 saturated heterocycles. The Labute approximate surface area is 368 Å². The molecule has 0 bridgehead atoms. The molecule has 0 aliphatic rings. The van der Waals surface area contributed by atoms with Crippen molar-refractivity contribution in [3.63, 3.8) is 0 Å². The van der Waals surface area contributed by atoms with E-state index in [1.54, 1.807) is 0 Å². The van der Waals surface area contributed by atoms with Crippen molar-refractivity contribution < 1.29 is 72.6 Å². The number of phosphoric ester groups is 3. The van der Waals surface area contributed by atoms with Crippen LogP contribution in [0.25, 0.3) is 0 Å². The van der Waals surface area contributed by atoms with Crippen LogP contribution < -0.4 is 14.7 Å². The van der Waals surface area contributed by atoms with Gasteiger partial charge in [-0.25, -0.2) is 0 Å². The largest absolute Gasteiger partial charge is 3.00 e. The molecule has 0 aliphatic heterocycles. The predicted octanol–water partition coefficient (Wildman–Crippen LogP) is 13.3. The maximum absolute atomic E-state index is 11.4. The van der Waals surface area contributed by atoms with Crippen LogP contribution in [0.4, 0.5) is 0 Å². The molecule has 0 N–H and O–H groups in total. The van der Waals surface area contributed by atoms with E-state index in [9.17, 15) is 28.4 Å². The molecule has 0 aromatic heterocycles. The van der Waals surface area contributed by atoms with Gasteiger partial charge in [0, 0.05) is 0 Å². The molecule has 12 nitrogen and oxygen atoms in total. The predicted molar refractivity (Wildman–Crippen MR) is 231 cm³/mol. The van der Waals surface area contributed by atoms with Crippen LogP contribution in [0.3, 0.4) is 0 Å². The topological polar surface area (TPSA) is 176 Å². The van der Waals surface area contributed by atoms with Gasteiger partial charge < -0.3 is 41.8 Å². The Bertz CT molecular complexity index is 762. The fourth-order valence-corrected chi connectivity index (χ4v) is 7.74. The van der Waals surface area contributed by atoms with Crippen LogP contribution in [0.5, 0.6) is 0 Å². The Morgan fingerprint density at radius 3 is 0.500 bits per heavy atom. The second-order valence-electron chi connectivity index (χ2n) is 14.8. The number of rotatable bonds is 42. The Balaban J connectivity index is -0.000000374. The van der Waals surface area contributed by atoms with Crippen molar-refractivity contribution in [1.29, 1.82) is 0 Å². The van der Waals surface area contributed by atoms with Crippen molar-refractivity contribution in [2.75, 3.05) is 39.6 Å². The van der Waals surface area contributed by atoms with Crippen molar-refractivity contribution >= 4 is 23.5 Å². The Morgan fingerprint density at radius 1 is 0.259 bits per heavy atom. The summed E-state index contributed by atoms with van der Waals surface area (Å²) in [6, 6.07) is 0. The van der Waals surface area contributed by atoms with Gasteiger partial charge >= 0.3 is 17.1 Å². The first-order valence-corrected chi connectivity index (χ1v) is 27.5. The Morgan fingerprint density at radius 2 is 0.379 bits per heavy atom. The van der Waals surface area contributed by atoms with Gasteiger partial charge in [-0.05, 0) is 38.5 Å². The quantitative estimate of drug-likeness (QED) is 0.0322. The fraction of sp³-hybridized carbons (Fsp3) is 1.00. The van der Waals surface area contributed by atoms with Gasteiger partial charge in [0.05, 0.1) is 39.6 Å². The third-order valence-electron chi connectivity index (χ3n) is 8.98. The minimum absolute atomic E-state index is 0. The summed E-state index contributed by atoms with van der Waals surface area (Å²) >= 11 is 0. The third-order valence-corrected chi connectivity index (χ3v) is 12.0. The minimum Gasteiger partial charge on any atom is -0.756 e. The summed E-state index contributed by atoms with van der Waals surface area (Å²) in [7, 11) is -12.2. The van der Waals surface area contributed by atoms with Crippen LogP contribution in [0, 0.1) is 0 Å². The smallest absolute Gasteiger partial charge is 0.756 e. The summed E-state index contributed by atoms with van der Waals surface area (Å²) in [5.41, 5.74) is 0. The molecule has 0 aliphatic carbocycles. The Kier molecular flexibility index (Phi) is 57.0. The molecule has 0 aromatic carbocycles. The molecule has 0 atom stereocenters. The molecular weight excluding hydrogens is 845 g/mol. The fourth-order valence-electron chi connectivity index (χ4n) is 5.40. The average Bonchev–Trinajstić information content (AvgIpc) is 3.17.